The summed E-state index contributed by atoms with van der Waals surface area (Å²) in [6, 6.07) is 1.78. The van der Waals surface area contributed by atoms with Crippen LogP contribution in [0.2, 0.25) is 0 Å². The summed E-state index contributed by atoms with van der Waals surface area (Å²) in [4.78, 5) is 14.6. The lowest BCUT2D eigenvalue weighted by Gasteiger charge is -2.53. The number of nitrogens with zero attached hydrogens (tertiary/aromatic N) is 5. The van der Waals surface area contributed by atoms with E-state index in [2.05, 4.69) is 25.5 Å². The van der Waals surface area contributed by atoms with Crippen LogP contribution in [-0.2, 0) is 16.1 Å². The lowest BCUT2D eigenvalue weighted by molar-refractivity contribution is -0.198. The highest BCUT2D eigenvalue weighted by atomic mass is 32.1. The van der Waals surface area contributed by atoms with Gasteiger partial charge in [-0.2, -0.15) is 5.10 Å². The maximum absolute atomic E-state index is 12.5. The Hall–Kier alpha value is -2.04. The minimum Gasteiger partial charge on any atom is -0.388 e. The van der Waals surface area contributed by atoms with Crippen molar-refractivity contribution in [2.45, 2.75) is 50.0 Å². The molecule has 2 aromatic rings. The molecule has 2 aliphatic rings. The molecule has 2 aliphatic heterocycles. The summed E-state index contributed by atoms with van der Waals surface area (Å²) in [5, 5.41) is 27.2. The summed E-state index contributed by atoms with van der Waals surface area (Å²) in [5.41, 5.74) is 0.346. The number of carbonyl (C=O) groups is 1. The minimum absolute atomic E-state index is 0.133. The number of rotatable bonds is 4. The number of piperidine rings is 1. The highest BCUT2D eigenvalue weighted by molar-refractivity contribution is 7.13. The van der Waals surface area contributed by atoms with E-state index in [1.54, 1.807) is 28.7 Å². The molecule has 27 heavy (non-hydrogen) atoms. The highest BCUT2D eigenvalue weighted by Crippen LogP contribution is 2.40. The molecule has 9 nitrogen and oxygen atoms in total. The van der Waals surface area contributed by atoms with Gasteiger partial charge in [0.05, 0.1) is 11.1 Å². The maximum atomic E-state index is 12.5. The van der Waals surface area contributed by atoms with Crippen molar-refractivity contribution in [3.05, 3.63) is 24.0 Å². The van der Waals surface area contributed by atoms with Crippen LogP contribution >= 0.6 is 11.3 Å². The zero-order chi connectivity index (χ0) is 18.9. The number of anilines is 1. The number of aliphatic hydroxyl groups excluding tert-OH is 1. The molecule has 1 spiro atoms. The Kier molecular flexibility index (Phi) is 4.87. The lowest BCUT2D eigenvalue weighted by atomic mass is 9.73. The monoisotopic (exact) mass is 392 g/mol. The van der Waals surface area contributed by atoms with Gasteiger partial charge in [-0.05, 0) is 32.3 Å². The molecule has 2 N–H and O–H groups in total. The molecule has 2 saturated heterocycles. The molecule has 0 aliphatic carbocycles. The van der Waals surface area contributed by atoms with Gasteiger partial charge in [0.2, 0.25) is 11.0 Å². The van der Waals surface area contributed by atoms with E-state index >= 15 is 0 Å². The van der Waals surface area contributed by atoms with Gasteiger partial charge in [0.1, 0.15) is 18.2 Å². The third kappa shape index (κ3) is 3.56. The van der Waals surface area contributed by atoms with Gasteiger partial charge in [0.15, 0.2) is 0 Å². The first-order valence-electron chi connectivity index (χ1n) is 9.12. The Bertz CT molecular complexity index is 760. The number of aliphatic hydroxyl groups is 1. The van der Waals surface area contributed by atoms with E-state index in [1.165, 1.54) is 11.3 Å². The highest BCUT2D eigenvalue weighted by Gasteiger charge is 2.54. The Morgan fingerprint density at radius 2 is 2.26 bits per heavy atom. The molecule has 10 heteroatoms. The maximum Gasteiger partial charge on any atom is 0.242 e. The molecule has 2 aromatic heterocycles. The number of ether oxygens (including phenoxy) is 1. The third-order valence-corrected chi connectivity index (χ3v) is 6.38. The summed E-state index contributed by atoms with van der Waals surface area (Å²) >= 11 is 1.51. The number of nitrogens with one attached hydrogen (secondary N) is 1. The van der Waals surface area contributed by atoms with Gasteiger partial charge in [0, 0.05) is 32.1 Å². The molecule has 4 heterocycles. The number of amides is 1. The van der Waals surface area contributed by atoms with Crippen LogP contribution in [0, 0.1) is 0 Å². The molecule has 1 amide bonds. The average Bonchev–Trinajstić information content (AvgIpc) is 3.34. The molecule has 0 saturated carbocycles. The van der Waals surface area contributed by atoms with Gasteiger partial charge in [0.25, 0.3) is 0 Å². The first-order chi connectivity index (χ1) is 13.0. The van der Waals surface area contributed by atoms with E-state index in [-0.39, 0.29) is 12.5 Å². The second kappa shape index (κ2) is 7.17. The number of hydrogen-bond acceptors (Lipinski definition) is 8. The van der Waals surface area contributed by atoms with E-state index in [0.717, 1.165) is 18.2 Å². The second-order valence-electron chi connectivity index (χ2n) is 7.44. The molecule has 0 radical (unpaired) electrons. The Labute approximate surface area is 161 Å². The van der Waals surface area contributed by atoms with Gasteiger partial charge in [-0.1, -0.05) is 11.3 Å². The fourth-order valence-corrected chi connectivity index (χ4v) is 4.71. The predicted molar refractivity (Wildman–Crippen MR) is 99.4 cm³/mol. The topological polar surface area (TPSA) is 105 Å². The first kappa shape index (κ1) is 18.3. The van der Waals surface area contributed by atoms with Crippen molar-refractivity contribution >= 4 is 22.4 Å². The molecular weight excluding hydrogens is 368 g/mol. The number of carbonyl (C=O) groups excluding carboxylic acids is 1. The van der Waals surface area contributed by atoms with Crippen molar-refractivity contribution in [3.8, 4) is 0 Å². The van der Waals surface area contributed by atoms with Gasteiger partial charge in [-0.3, -0.25) is 9.48 Å². The minimum atomic E-state index is -0.781. The van der Waals surface area contributed by atoms with Crippen molar-refractivity contribution in [2.75, 3.05) is 24.6 Å². The zero-order valence-electron chi connectivity index (χ0n) is 15.2. The van der Waals surface area contributed by atoms with Crippen LogP contribution in [0.1, 0.15) is 26.2 Å². The summed E-state index contributed by atoms with van der Waals surface area (Å²) in [6.45, 7) is 4.02. The van der Waals surface area contributed by atoms with Crippen molar-refractivity contribution in [1.82, 2.24) is 25.3 Å². The SMILES string of the molecule is C[C@]1(NC(=O)Cn2cccn2)CCOC2(CCN(c3nncs3)CC2)[C@@H]1O. The Morgan fingerprint density at radius 3 is 2.93 bits per heavy atom. The van der Waals surface area contributed by atoms with Crippen molar-refractivity contribution in [3.63, 3.8) is 0 Å². The normalized spacial score (nSPS) is 27.6. The summed E-state index contributed by atoms with van der Waals surface area (Å²) in [5.74, 6) is -0.163. The fourth-order valence-electron chi connectivity index (χ4n) is 4.09. The van der Waals surface area contributed by atoms with E-state index in [9.17, 15) is 9.90 Å². The van der Waals surface area contributed by atoms with Crippen molar-refractivity contribution in [2.24, 2.45) is 0 Å². The van der Waals surface area contributed by atoms with Crippen molar-refractivity contribution < 1.29 is 14.6 Å². The van der Waals surface area contributed by atoms with Gasteiger partial charge in [-0.15, -0.1) is 10.2 Å². The zero-order valence-corrected chi connectivity index (χ0v) is 16.1. The quantitative estimate of drug-likeness (QED) is 0.777. The van der Waals surface area contributed by atoms with Gasteiger partial charge >= 0.3 is 0 Å². The van der Waals surface area contributed by atoms with Crippen LogP contribution < -0.4 is 10.2 Å². The van der Waals surface area contributed by atoms with Gasteiger partial charge < -0.3 is 20.1 Å². The van der Waals surface area contributed by atoms with Crippen LogP contribution in [0.3, 0.4) is 0 Å². The predicted octanol–water partition coefficient (Wildman–Crippen LogP) is 0.430. The van der Waals surface area contributed by atoms with Crippen LogP contribution in [0.15, 0.2) is 24.0 Å². The first-order valence-corrected chi connectivity index (χ1v) is 10.0. The number of hydrogen-bond donors (Lipinski definition) is 2. The lowest BCUT2D eigenvalue weighted by Crippen LogP contribution is -2.69. The van der Waals surface area contributed by atoms with Crippen molar-refractivity contribution in [1.29, 1.82) is 0 Å². The van der Waals surface area contributed by atoms with Crippen LogP contribution in [0.25, 0.3) is 0 Å². The van der Waals surface area contributed by atoms with E-state index in [4.69, 9.17) is 4.74 Å². The molecule has 2 atom stereocenters. The molecule has 146 valence electrons. The summed E-state index contributed by atoms with van der Waals surface area (Å²) < 4.78 is 7.66. The van der Waals surface area contributed by atoms with E-state index < -0.39 is 17.2 Å². The van der Waals surface area contributed by atoms with Gasteiger partial charge in [-0.25, -0.2) is 0 Å². The Morgan fingerprint density at radius 1 is 1.44 bits per heavy atom. The smallest absolute Gasteiger partial charge is 0.242 e. The molecule has 0 unspecified atom stereocenters. The molecule has 0 aromatic carbocycles. The average molecular weight is 392 g/mol. The summed E-state index contributed by atoms with van der Waals surface area (Å²) in [6.07, 6.45) is 4.53. The Balaban J connectivity index is 1.42. The summed E-state index contributed by atoms with van der Waals surface area (Å²) in [7, 11) is 0. The molecular formula is C17H24N6O3S. The van der Waals surface area contributed by atoms with Crippen LogP contribution in [0.4, 0.5) is 5.13 Å². The van der Waals surface area contributed by atoms with E-state index in [1.807, 2.05) is 6.92 Å². The van der Waals surface area contributed by atoms with E-state index in [0.29, 0.717) is 25.9 Å². The number of aromatic nitrogens is 4. The fraction of sp³-hybridized carbons (Fsp3) is 0.647. The third-order valence-electron chi connectivity index (χ3n) is 5.63. The van der Waals surface area contributed by atoms with Crippen LogP contribution in [0.5, 0.6) is 0 Å². The molecule has 2 fully saturated rings. The standard InChI is InChI=1S/C17H24N6O3S/c1-16(20-13(24)11-23-7-2-6-19-23)5-10-26-17(14(16)25)3-8-22(9-4-17)15-21-18-12-27-15/h2,6-7,12,14,25H,3-5,8-11H2,1H3,(H,20,24)/t14-,16+/m1/s1. The molecule has 0 bridgehead atoms. The van der Waals surface area contributed by atoms with Crippen LogP contribution in [-0.4, -0.2) is 67.9 Å². The molecule has 4 rings (SSSR count). The second-order valence-corrected chi connectivity index (χ2v) is 8.26. The largest absolute Gasteiger partial charge is 0.388 e.